The van der Waals surface area contributed by atoms with Crippen LogP contribution in [0.4, 0.5) is 43.9 Å². The number of hydrogen-bond donors (Lipinski definition) is 2. The predicted molar refractivity (Wildman–Crippen MR) is 72.0 cm³/mol. The van der Waals surface area contributed by atoms with Crippen molar-refractivity contribution in [3.05, 3.63) is 29.8 Å². The van der Waals surface area contributed by atoms with Gasteiger partial charge in [-0.2, -0.15) is 43.9 Å². The summed E-state index contributed by atoms with van der Waals surface area (Å²) in [6.07, 6.45) is -15.1. The Morgan fingerprint density at radius 1 is 0.931 bits per heavy atom. The van der Waals surface area contributed by atoms with E-state index in [1.807, 2.05) is 0 Å². The third-order valence-corrected chi connectivity index (χ3v) is 3.19. The molecule has 5 nitrogen and oxygen atoms in total. The summed E-state index contributed by atoms with van der Waals surface area (Å²) in [5.74, 6) is -18.8. The van der Waals surface area contributed by atoms with Crippen LogP contribution in [0.25, 0.3) is 0 Å². The number of benzene rings is 1. The van der Waals surface area contributed by atoms with Gasteiger partial charge < -0.3 is 15.2 Å². The lowest BCUT2D eigenvalue weighted by atomic mass is 10.1. The van der Waals surface area contributed by atoms with Crippen LogP contribution in [0.2, 0.25) is 0 Å². The Kier molecular flexibility index (Phi) is 6.66. The highest BCUT2D eigenvalue weighted by Crippen LogP contribution is 2.38. The van der Waals surface area contributed by atoms with Crippen LogP contribution in [-0.4, -0.2) is 47.7 Å². The predicted octanol–water partition coefficient (Wildman–Crippen LogP) is 3.49. The van der Waals surface area contributed by atoms with Gasteiger partial charge in [-0.05, 0) is 17.7 Å². The number of phenols is 1. The quantitative estimate of drug-likeness (QED) is 0.520. The van der Waals surface area contributed by atoms with Crippen LogP contribution in [0.5, 0.6) is 5.75 Å². The van der Waals surface area contributed by atoms with Crippen molar-refractivity contribution in [1.29, 1.82) is 0 Å². The second-order valence-electron chi connectivity index (χ2n) is 5.34. The lowest BCUT2D eigenvalue weighted by Crippen LogP contribution is -2.51. The molecule has 0 heterocycles. The molecule has 0 spiro atoms. The van der Waals surface area contributed by atoms with Gasteiger partial charge >= 0.3 is 36.1 Å². The maximum absolute atomic E-state index is 13.0. The number of carbonyl (C=O) groups excluding carboxylic acids is 2. The first kappa shape index (κ1) is 24.3. The molecule has 0 aliphatic rings. The molecule has 0 aliphatic carbocycles. The Hall–Kier alpha value is -2.74. The molecule has 2 N–H and O–H groups in total. The highest BCUT2D eigenvalue weighted by molar-refractivity contribution is 5.84. The Labute approximate surface area is 154 Å². The van der Waals surface area contributed by atoms with E-state index in [4.69, 9.17) is 0 Å². The van der Waals surface area contributed by atoms with Gasteiger partial charge in [0.25, 0.3) is 0 Å². The summed E-state index contributed by atoms with van der Waals surface area (Å²) >= 11 is 0. The second-order valence-corrected chi connectivity index (χ2v) is 5.34. The van der Waals surface area contributed by atoms with Gasteiger partial charge in [0, 0.05) is 0 Å². The van der Waals surface area contributed by atoms with E-state index in [2.05, 4.69) is 4.74 Å². The number of hydrogen-bond acceptors (Lipinski definition) is 4. The Morgan fingerprint density at radius 3 is 1.90 bits per heavy atom. The average molecular weight is 445 g/mol. The summed E-state index contributed by atoms with van der Waals surface area (Å²) in [6, 6.07) is 3.39. The SMILES string of the molecule is O=C(NCC(OC(=O)C(F)(F)C(F)(F)F)c1cccc(O)c1)C(F)(F)C(F)(F)F. The molecule has 1 atom stereocenters. The normalized spacial score (nSPS) is 14.3. The van der Waals surface area contributed by atoms with Gasteiger partial charge in [0.05, 0.1) is 6.54 Å². The number of amides is 1. The molecule has 0 aromatic heterocycles. The zero-order valence-corrected chi connectivity index (χ0v) is 13.5. The van der Waals surface area contributed by atoms with Gasteiger partial charge in [-0.15, -0.1) is 0 Å². The number of esters is 1. The molecule has 0 radical (unpaired) electrons. The van der Waals surface area contributed by atoms with Crippen molar-refractivity contribution >= 4 is 11.9 Å². The van der Waals surface area contributed by atoms with E-state index in [-0.39, 0.29) is 0 Å². The van der Waals surface area contributed by atoms with E-state index in [0.29, 0.717) is 6.07 Å². The topological polar surface area (TPSA) is 75.6 Å². The summed E-state index contributed by atoms with van der Waals surface area (Å²) in [7, 11) is 0. The molecule has 1 amide bonds. The summed E-state index contributed by atoms with van der Waals surface area (Å²) in [6.45, 7) is -1.55. The molecule has 164 valence electrons. The number of alkyl halides is 10. The highest BCUT2D eigenvalue weighted by Gasteiger charge is 2.65. The van der Waals surface area contributed by atoms with Crippen LogP contribution >= 0.6 is 0 Å². The van der Waals surface area contributed by atoms with Crippen LogP contribution in [0.3, 0.4) is 0 Å². The first-order valence-electron chi connectivity index (χ1n) is 7.08. The van der Waals surface area contributed by atoms with E-state index >= 15 is 0 Å². The number of ether oxygens (including phenoxy) is 1. The highest BCUT2D eigenvalue weighted by atomic mass is 19.4. The van der Waals surface area contributed by atoms with Crippen LogP contribution < -0.4 is 5.32 Å². The fourth-order valence-electron chi connectivity index (χ4n) is 1.70. The summed E-state index contributed by atoms with van der Waals surface area (Å²) in [5.41, 5.74) is -0.591. The minimum atomic E-state index is -6.40. The minimum Gasteiger partial charge on any atom is -0.508 e. The second kappa shape index (κ2) is 7.94. The van der Waals surface area contributed by atoms with Crippen LogP contribution in [-0.2, 0) is 14.3 Å². The number of carbonyl (C=O) groups is 2. The van der Waals surface area contributed by atoms with Gasteiger partial charge in [0.15, 0.2) is 0 Å². The smallest absolute Gasteiger partial charge is 0.465 e. The van der Waals surface area contributed by atoms with E-state index in [1.165, 1.54) is 0 Å². The molecule has 1 aromatic carbocycles. The largest absolute Gasteiger partial charge is 0.508 e. The van der Waals surface area contributed by atoms with Crippen molar-refractivity contribution in [1.82, 2.24) is 5.32 Å². The average Bonchev–Trinajstić information content (AvgIpc) is 2.55. The molecular formula is C14H9F10NO4. The van der Waals surface area contributed by atoms with Gasteiger partial charge in [-0.3, -0.25) is 4.79 Å². The molecule has 0 aliphatic heterocycles. The van der Waals surface area contributed by atoms with Gasteiger partial charge in [-0.25, -0.2) is 4.79 Å². The minimum absolute atomic E-state index is 0.591. The molecule has 1 rings (SSSR count). The third kappa shape index (κ3) is 5.41. The van der Waals surface area contributed by atoms with Crippen molar-refractivity contribution in [3.8, 4) is 5.75 Å². The Bertz CT molecular complexity index is 759. The zero-order valence-electron chi connectivity index (χ0n) is 13.5. The van der Waals surface area contributed by atoms with Gasteiger partial charge in [-0.1, -0.05) is 12.1 Å². The van der Waals surface area contributed by atoms with E-state index in [9.17, 15) is 58.6 Å². The molecule has 15 heteroatoms. The molecule has 1 aromatic rings. The lowest BCUT2D eigenvalue weighted by Gasteiger charge is -2.24. The molecule has 29 heavy (non-hydrogen) atoms. The number of halogens is 10. The molecule has 0 saturated heterocycles. The van der Waals surface area contributed by atoms with Crippen molar-refractivity contribution in [2.75, 3.05) is 6.54 Å². The van der Waals surface area contributed by atoms with E-state index in [0.717, 1.165) is 23.5 Å². The fourth-order valence-corrected chi connectivity index (χ4v) is 1.70. The lowest BCUT2D eigenvalue weighted by molar-refractivity contribution is -0.282. The van der Waals surface area contributed by atoms with E-state index < -0.39 is 60.0 Å². The van der Waals surface area contributed by atoms with Crippen molar-refractivity contribution in [2.45, 2.75) is 30.3 Å². The van der Waals surface area contributed by atoms with Crippen LogP contribution in [0.15, 0.2) is 24.3 Å². The maximum Gasteiger partial charge on any atom is 0.465 e. The van der Waals surface area contributed by atoms with E-state index in [1.54, 1.807) is 0 Å². The standard InChI is InChI=1S/C14H9F10NO4/c15-11(16,13(19,20)21)9(27)25-5-8(6-2-1-3-7(26)4-6)29-10(28)12(17,18)14(22,23)24/h1-4,8,26H,5H2,(H,25,27). The molecular weight excluding hydrogens is 436 g/mol. The van der Waals surface area contributed by atoms with Crippen LogP contribution in [0, 0.1) is 0 Å². The molecule has 0 saturated carbocycles. The van der Waals surface area contributed by atoms with Crippen molar-refractivity contribution in [2.24, 2.45) is 0 Å². The number of phenolic OH excluding ortho intramolecular Hbond substituents is 1. The zero-order chi connectivity index (χ0) is 22.8. The van der Waals surface area contributed by atoms with Gasteiger partial charge in [0.2, 0.25) is 0 Å². The monoisotopic (exact) mass is 445 g/mol. The summed E-state index contributed by atoms with van der Waals surface area (Å²) in [4.78, 5) is 22.2. The number of aromatic hydroxyl groups is 1. The first-order chi connectivity index (χ1) is 12.9. The maximum atomic E-state index is 13.0. The molecule has 0 fully saturated rings. The Morgan fingerprint density at radius 2 is 1.45 bits per heavy atom. The number of rotatable bonds is 6. The van der Waals surface area contributed by atoms with Crippen molar-refractivity contribution in [3.63, 3.8) is 0 Å². The third-order valence-electron chi connectivity index (χ3n) is 3.19. The summed E-state index contributed by atoms with van der Waals surface area (Å²) < 4.78 is 129. The van der Waals surface area contributed by atoms with Crippen LogP contribution in [0.1, 0.15) is 11.7 Å². The van der Waals surface area contributed by atoms with Crippen molar-refractivity contribution < 1.29 is 63.3 Å². The molecule has 0 bridgehead atoms. The first-order valence-corrected chi connectivity index (χ1v) is 7.08. The fraction of sp³-hybridized carbons (Fsp3) is 0.429. The summed E-state index contributed by atoms with van der Waals surface area (Å²) in [5, 5.41) is 10.2. The number of nitrogens with one attached hydrogen (secondary N) is 1. The van der Waals surface area contributed by atoms with Gasteiger partial charge in [0.1, 0.15) is 11.9 Å². The molecule has 1 unspecified atom stereocenters. The Balaban J connectivity index is 3.12.